The van der Waals surface area contributed by atoms with Gasteiger partial charge < -0.3 is 5.32 Å². The molecule has 0 heterocycles. The van der Waals surface area contributed by atoms with Crippen LogP contribution < -0.4 is 5.32 Å². The maximum absolute atomic E-state index is 4.41. The highest BCUT2D eigenvalue weighted by molar-refractivity contribution is 5.75. The minimum Gasteiger partial charge on any atom is -0.362 e. The summed E-state index contributed by atoms with van der Waals surface area (Å²) < 4.78 is 0. The fourth-order valence-electron chi connectivity index (χ4n) is 2.89. The topological polar surface area (TPSA) is 73.8 Å². The molecule has 0 radical (unpaired) electrons. The number of nitrogens with zero attached hydrogens (tertiary/aromatic N) is 5. The molecule has 0 aliphatic rings. The van der Waals surface area contributed by atoms with Gasteiger partial charge in [0.2, 0.25) is 0 Å². The van der Waals surface area contributed by atoms with Crippen molar-refractivity contribution in [2.24, 2.45) is 25.4 Å². The third kappa shape index (κ3) is 8.14. The van der Waals surface area contributed by atoms with Crippen molar-refractivity contribution in [2.45, 2.75) is 0 Å². The van der Waals surface area contributed by atoms with Crippen LogP contribution in [0.25, 0.3) is 0 Å². The lowest BCUT2D eigenvalue weighted by Crippen LogP contribution is -1.85. The minimum atomic E-state index is 0.782. The molecule has 35 heavy (non-hydrogen) atoms. The first kappa shape index (κ1) is 23.2. The van der Waals surface area contributed by atoms with Crippen LogP contribution in [-0.4, -0.2) is 6.21 Å². The van der Waals surface area contributed by atoms with Crippen LogP contribution in [0.5, 0.6) is 0 Å². The second kappa shape index (κ2) is 12.9. The number of anilines is 1. The van der Waals surface area contributed by atoms with Crippen molar-refractivity contribution in [3.05, 3.63) is 134 Å². The molecule has 1 N–H and O–H groups in total. The summed E-state index contributed by atoms with van der Waals surface area (Å²) in [5, 5.41) is 20.1. The number of aliphatic imine (C=N–C) groups is 1. The number of azo groups is 2. The zero-order valence-electron chi connectivity index (χ0n) is 19.0. The number of hydrogen-bond acceptors (Lipinski definition) is 6. The lowest BCUT2D eigenvalue weighted by molar-refractivity contribution is 1.23. The summed E-state index contributed by atoms with van der Waals surface area (Å²) in [6.07, 6.45) is 9.28. The zero-order chi connectivity index (χ0) is 24.0. The van der Waals surface area contributed by atoms with Crippen molar-refractivity contribution in [1.29, 1.82) is 0 Å². The van der Waals surface area contributed by atoms with Crippen LogP contribution in [0.2, 0.25) is 0 Å². The van der Waals surface area contributed by atoms with E-state index in [1.165, 1.54) is 0 Å². The summed E-state index contributed by atoms with van der Waals surface area (Å²) in [4.78, 5) is 4.41. The van der Waals surface area contributed by atoms with Gasteiger partial charge in [-0.05, 0) is 84.9 Å². The van der Waals surface area contributed by atoms with Crippen molar-refractivity contribution >= 4 is 40.3 Å². The van der Waals surface area contributed by atoms with Gasteiger partial charge >= 0.3 is 0 Å². The molecule has 6 heteroatoms. The summed E-state index contributed by atoms with van der Waals surface area (Å²) in [5.41, 5.74) is 5.04. The Morgan fingerprint density at radius 2 is 0.886 bits per heavy atom. The van der Waals surface area contributed by atoms with Crippen LogP contribution in [0.15, 0.2) is 159 Å². The first-order chi connectivity index (χ1) is 17.3. The van der Waals surface area contributed by atoms with Crippen molar-refractivity contribution in [1.82, 2.24) is 0 Å². The lowest BCUT2D eigenvalue weighted by atomic mass is 10.3. The Hall–Kier alpha value is -4.97. The third-order valence-electron chi connectivity index (χ3n) is 4.67. The predicted octanol–water partition coefficient (Wildman–Crippen LogP) is 9.40. The van der Waals surface area contributed by atoms with E-state index < -0.39 is 0 Å². The van der Waals surface area contributed by atoms with Gasteiger partial charge in [0.15, 0.2) is 0 Å². The van der Waals surface area contributed by atoms with Crippen LogP contribution in [-0.2, 0) is 0 Å². The lowest BCUT2D eigenvalue weighted by Gasteiger charge is -2.00. The molecule has 0 unspecified atom stereocenters. The molecule has 4 aromatic rings. The number of hydrogen-bond donors (Lipinski definition) is 1. The molecule has 4 aromatic carbocycles. The fourth-order valence-corrected chi connectivity index (χ4v) is 2.89. The predicted molar refractivity (Wildman–Crippen MR) is 144 cm³/mol. The summed E-state index contributed by atoms with van der Waals surface area (Å²) >= 11 is 0. The largest absolute Gasteiger partial charge is 0.362 e. The zero-order valence-corrected chi connectivity index (χ0v) is 19.0. The van der Waals surface area contributed by atoms with Crippen molar-refractivity contribution in [3.63, 3.8) is 0 Å². The molecule has 0 fully saturated rings. The summed E-state index contributed by atoms with van der Waals surface area (Å²) in [6, 6.07) is 34.6. The van der Waals surface area contributed by atoms with Crippen molar-refractivity contribution in [3.8, 4) is 0 Å². The van der Waals surface area contributed by atoms with E-state index in [4.69, 9.17) is 0 Å². The molecular formula is C29H24N6. The van der Waals surface area contributed by atoms with Crippen LogP contribution in [0.1, 0.15) is 0 Å². The van der Waals surface area contributed by atoms with E-state index in [0.717, 1.165) is 34.1 Å². The Morgan fingerprint density at radius 1 is 0.429 bits per heavy atom. The molecule has 0 aliphatic heterocycles. The Bertz CT molecular complexity index is 1320. The van der Waals surface area contributed by atoms with Crippen molar-refractivity contribution in [2.75, 3.05) is 5.32 Å². The maximum Gasteiger partial charge on any atom is 0.0858 e. The monoisotopic (exact) mass is 456 g/mol. The van der Waals surface area contributed by atoms with Gasteiger partial charge in [0.05, 0.1) is 28.4 Å². The molecule has 0 aromatic heterocycles. The molecule has 4 rings (SSSR count). The maximum atomic E-state index is 4.41. The van der Waals surface area contributed by atoms with Gasteiger partial charge in [-0.2, -0.15) is 20.5 Å². The van der Waals surface area contributed by atoms with Crippen LogP contribution in [0.4, 0.5) is 34.1 Å². The van der Waals surface area contributed by atoms with E-state index in [0.29, 0.717) is 0 Å². The fraction of sp³-hybridized carbons (Fsp3) is 0. The Morgan fingerprint density at radius 3 is 1.43 bits per heavy atom. The average molecular weight is 457 g/mol. The first-order valence-electron chi connectivity index (χ1n) is 11.1. The highest BCUT2D eigenvalue weighted by atomic mass is 15.1. The minimum absolute atomic E-state index is 0.782. The van der Waals surface area contributed by atoms with E-state index in [2.05, 4.69) is 30.8 Å². The van der Waals surface area contributed by atoms with Crippen molar-refractivity contribution < 1.29 is 0 Å². The Labute approximate surface area is 204 Å². The molecule has 170 valence electrons. The number of nitrogens with one attached hydrogen (secondary N) is 1. The van der Waals surface area contributed by atoms with Crippen LogP contribution >= 0.6 is 0 Å². The highest BCUT2D eigenvalue weighted by Gasteiger charge is 1.93. The summed E-state index contributed by atoms with van der Waals surface area (Å²) in [6.45, 7) is 0. The summed E-state index contributed by atoms with van der Waals surface area (Å²) in [5.74, 6) is 0. The smallest absolute Gasteiger partial charge is 0.0858 e. The number of allylic oxidation sites excluding steroid dienone is 3. The SMILES string of the molecule is C(/C=C\C=C\Nc1ccc(N=Nc2ccccc2)cc1)=Nc1ccc(N=Nc2ccccc2)cc1. The Balaban J connectivity index is 1.20. The van der Waals surface area contributed by atoms with E-state index in [-0.39, 0.29) is 0 Å². The second-order valence-corrected chi connectivity index (χ2v) is 7.30. The standard InChI is InChI=1S/C29H24N6/c1-4-10-26(11-5-1)32-34-28-18-14-24(15-19-28)30-22-8-3-9-23-31-25-16-20-29(21-17-25)35-33-27-12-6-2-7-13-27/h1-23,30H/b9-3-,22-8+,31-23?,34-32?,35-33?. The van der Waals surface area contributed by atoms with E-state index >= 15 is 0 Å². The second-order valence-electron chi connectivity index (χ2n) is 7.30. The third-order valence-corrected chi connectivity index (χ3v) is 4.67. The van der Waals surface area contributed by atoms with Gasteiger partial charge in [0.1, 0.15) is 0 Å². The molecule has 6 nitrogen and oxygen atoms in total. The quantitative estimate of drug-likeness (QED) is 0.152. The summed E-state index contributed by atoms with van der Waals surface area (Å²) in [7, 11) is 0. The molecule has 0 bridgehead atoms. The van der Waals surface area contributed by atoms with Gasteiger partial charge in [-0.15, -0.1) is 0 Å². The van der Waals surface area contributed by atoms with Gasteiger partial charge in [-0.1, -0.05) is 42.5 Å². The molecule has 0 saturated carbocycles. The van der Waals surface area contributed by atoms with E-state index in [1.807, 2.05) is 134 Å². The van der Waals surface area contributed by atoms with Gasteiger partial charge in [-0.3, -0.25) is 4.99 Å². The molecule has 0 saturated heterocycles. The van der Waals surface area contributed by atoms with Gasteiger partial charge in [0.25, 0.3) is 0 Å². The van der Waals surface area contributed by atoms with Crippen LogP contribution in [0.3, 0.4) is 0 Å². The molecule has 0 spiro atoms. The number of rotatable bonds is 9. The Kier molecular flexibility index (Phi) is 8.56. The average Bonchev–Trinajstić information content (AvgIpc) is 2.93. The molecular weight excluding hydrogens is 432 g/mol. The van der Waals surface area contributed by atoms with Crippen LogP contribution in [0, 0.1) is 0 Å². The molecule has 0 atom stereocenters. The molecule has 0 amide bonds. The highest BCUT2D eigenvalue weighted by Crippen LogP contribution is 2.22. The normalized spacial score (nSPS) is 12.0. The van der Waals surface area contributed by atoms with Gasteiger partial charge in [-0.25, -0.2) is 0 Å². The van der Waals surface area contributed by atoms with E-state index in [1.54, 1.807) is 6.21 Å². The van der Waals surface area contributed by atoms with Gasteiger partial charge in [0, 0.05) is 18.1 Å². The molecule has 0 aliphatic carbocycles. The first-order valence-corrected chi connectivity index (χ1v) is 11.1. The van der Waals surface area contributed by atoms with E-state index in [9.17, 15) is 0 Å². The number of benzene rings is 4.